The first-order chi connectivity index (χ1) is 7.47. The molecule has 0 saturated carbocycles. The van der Waals surface area contributed by atoms with Crippen LogP contribution in [0.3, 0.4) is 0 Å². The largest absolute Gasteiger partial charge is 0.397 e. The summed E-state index contributed by atoms with van der Waals surface area (Å²) in [5.41, 5.74) is 7.04. The molecule has 0 aromatic heterocycles. The fraction of sp³-hybridized carbons (Fsp3) is 0.455. The van der Waals surface area contributed by atoms with Crippen LogP contribution in [0.15, 0.2) is 12.1 Å². The zero-order valence-electron chi connectivity index (χ0n) is 9.37. The Hall–Kier alpha value is -0.560. The summed E-state index contributed by atoms with van der Waals surface area (Å²) in [5, 5.41) is 8.98. The van der Waals surface area contributed by atoms with Crippen molar-refractivity contribution in [2.75, 3.05) is 23.8 Å². The number of rotatable bonds is 4. The van der Waals surface area contributed by atoms with E-state index >= 15 is 0 Å². The Morgan fingerprint density at radius 2 is 2.12 bits per heavy atom. The first-order valence-electron chi connectivity index (χ1n) is 5.09. The van der Waals surface area contributed by atoms with Crippen molar-refractivity contribution < 1.29 is 9.50 Å². The van der Waals surface area contributed by atoms with Gasteiger partial charge in [0.15, 0.2) is 0 Å². The van der Waals surface area contributed by atoms with Crippen LogP contribution in [0.2, 0.25) is 0 Å². The molecule has 0 fully saturated rings. The van der Waals surface area contributed by atoms with Gasteiger partial charge in [0.05, 0.1) is 21.6 Å². The van der Waals surface area contributed by atoms with Gasteiger partial charge in [-0.2, -0.15) is 0 Å². The highest BCUT2D eigenvalue weighted by molar-refractivity contribution is 14.1. The number of hydrogen-bond acceptors (Lipinski definition) is 3. The quantitative estimate of drug-likeness (QED) is 0.654. The van der Waals surface area contributed by atoms with Gasteiger partial charge in [0, 0.05) is 18.7 Å². The molecule has 1 rings (SSSR count). The average Bonchev–Trinajstić information content (AvgIpc) is 2.20. The lowest BCUT2D eigenvalue weighted by atomic mass is 10.2. The van der Waals surface area contributed by atoms with Gasteiger partial charge in [-0.3, -0.25) is 0 Å². The minimum atomic E-state index is -0.284. The summed E-state index contributed by atoms with van der Waals surface area (Å²) >= 11 is 1.91. The summed E-state index contributed by atoms with van der Waals surface area (Å²) in [6.45, 7) is 4.42. The molecule has 0 bridgehead atoms. The van der Waals surface area contributed by atoms with E-state index in [9.17, 15) is 4.39 Å². The third-order valence-electron chi connectivity index (χ3n) is 2.34. The molecular formula is C11H16FIN2O. The SMILES string of the molecule is CC(C)N(CCO)c1cc(F)c(I)cc1N. The molecule has 0 aliphatic rings. The van der Waals surface area contributed by atoms with Gasteiger partial charge >= 0.3 is 0 Å². The van der Waals surface area contributed by atoms with E-state index in [1.165, 1.54) is 6.07 Å². The average molecular weight is 338 g/mol. The molecule has 3 nitrogen and oxygen atoms in total. The summed E-state index contributed by atoms with van der Waals surface area (Å²) in [7, 11) is 0. The molecule has 0 unspecified atom stereocenters. The molecule has 0 radical (unpaired) electrons. The van der Waals surface area contributed by atoms with Gasteiger partial charge in [0.25, 0.3) is 0 Å². The van der Waals surface area contributed by atoms with Crippen LogP contribution in [0.25, 0.3) is 0 Å². The summed E-state index contributed by atoms with van der Waals surface area (Å²) in [4.78, 5) is 1.88. The molecule has 0 spiro atoms. The smallest absolute Gasteiger partial charge is 0.138 e. The molecule has 1 aromatic rings. The Kier molecular flexibility index (Phi) is 4.79. The molecule has 0 saturated heterocycles. The van der Waals surface area contributed by atoms with Crippen LogP contribution in [-0.4, -0.2) is 24.3 Å². The highest BCUT2D eigenvalue weighted by Gasteiger charge is 2.15. The number of anilines is 2. The van der Waals surface area contributed by atoms with Gasteiger partial charge in [-0.15, -0.1) is 0 Å². The van der Waals surface area contributed by atoms with E-state index in [0.29, 0.717) is 21.5 Å². The Balaban J connectivity index is 3.13. The first kappa shape index (κ1) is 13.5. The van der Waals surface area contributed by atoms with Crippen LogP contribution in [0.5, 0.6) is 0 Å². The maximum absolute atomic E-state index is 13.5. The maximum Gasteiger partial charge on any atom is 0.138 e. The lowest BCUT2D eigenvalue weighted by molar-refractivity contribution is 0.299. The van der Waals surface area contributed by atoms with Crippen LogP contribution in [0.1, 0.15) is 13.8 Å². The van der Waals surface area contributed by atoms with Crippen molar-refractivity contribution in [1.82, 2.24) is 0 Å². The van der Waals surface area contributed by atoms with Crippen LogP contribution in [-0.2, 0) is 0 Å². The minimum Gasteiger partial charge on any atom is -0.397 e. The number of halogens is 2. The number of aliphatic hydroxyl groups is 1. The third kappa shape index (κ3) is 2.98. The minimum absolute atomic E-state index is 0.0191. The van der Waals surface area contributed by atoms with E-state index in [-0.39, 0.29) is 18.5 Å². The predicted molar refractivity (Wildman–Crippen MR) is 73.1 cm³/mol. The number of nitrogen functional groups attached to an aromatic ring is 1. The monoisotopic (exact) mass is 338 g/mol. The second-order valence-electron chi connectivity index (χ2n) is 3.84. The predicted octanol–water partition coefficient (Wildman–Crippen LogP) is 2.22. The molecule has 0 aliphatic carbocycles. The van der Waals surface area contributed by atoms with E-state index < -0.39 is 0 Å². The van der Waals surface area contributed by atoms with Crippen molar-refractivity contribution in [2.45, 2.75) is 19.9 Å². The Morgan fingerprint density at radius 1 is 1.50 bits per heavy atom. The van der Waals surface area contributed by atoms with Gasteiger partial charge < -0.3 is 15.7 Å². The molecule has 0 aliphatic heterocycles. The highest BCUT2D eigenvalue weighted by atomic mass is 127. The van der Waals surface area contributed by atoms with Crippen molar-refractivity contribution in [3.63, 3.8) is 0 Å². The summed E-state index contributed by atoms with van der Waals surface area (Å²) in [6, 6.07) is 3.19. The molecule has 90 valence electrons. The standard InChI is InChI=1S/C11H16FIN2O/c1-7(2)15(3-4-16)11-5-8(12)9(13)6-10(11)14/h5-7,16H,3-4,14H2,1-2H3. The zero-order valence-corrected chi connectivity index (χ0v) is 11.5. The molecule has 5 heteroatoms. The van der Waals surface area contributed by atoms with Gasteiger partial charge in [0.1, 0.15) is 5.82 Å². The first-order valence-corrected chi connectivity index (χ1v) is 6.17. The summed E-state index contributed by atoms with van der Waals surface area (Å²) in [6.07, 6.45) is 0. The number of nitrogens with zero attached hydrogens (tertiary/aromatic N) is 1. The topological polar surface area (TPSA) is 49.5 Å². The fourth-order valence-corrected chi connectivity index (χ4v) is 2.06. The van der Waals surface area contributed by atoms with E-state index in [4.69, 9.17) is 10.8 Å². The zero-order chi connectivity index (χ0) is 12.3. The number of hydrogen-bond donors (Lipinski definition) is 2. The van der Waals surface area contributed by atoms with Gasteiger partial charge in [-0.25, -0.2) is 4.39 Å². The normalized spacial score (nSPS) is 10.9. The molecular weight excluding hydrogens is 322 g/mol. The second kappa shape index (κ2) is 5.67. The lowest BCUT2D eigenvalue weighted by Gasteiger charge is -2.29. The van der Waals surface area contributed by atoms with Crippen LogP contribution in [0.4, 0.5) is 15.8 Å². The van der Waals surface area contributed by atoms with E-state index in [2.05, 4.69) is 0 Å². The van der Waals surface area contributed by atoms with Crippen molar-refractivity contribution in [3.8, 4) is 0 Å². The van der Waals surface area contributed by atoms with Crippen molar-refractivity contribution >= 4 is 34.0 Å². The third-order valence-corrected chi connectivity index (χ3v) is 3.17. The van der Waals surface area contributed by atoms with Crippen LogP contribution >= 0.6 is 22.6 Å². The lowest BCUT2D eigenvalue weighted by Crippen LogP contribution is -2.34. The maximum atomic E-state index is 13.5. The molecule has 3 N–H and O–H groups in total. The van der Waals surface area contributed by atoms with Gasteiger partial charge in [-0.05, 0) is 42.5 Å². The van der Waals surface area contributed by atoms with Crippen molar-refractivity contribution in [2.24, 2.45) is 0 Å². The van der Waals surface area contributed by atoms with E-state index in [1.807, 2.05) is 41.3 Å². The van der Waals surface area contributed by atoms with Crippen LogP contribution < -0.4 is 10.6 Å². The number of benzene rings is 1. The molecule has 16 heavy (non-hydrogen) atoms. The molecule has 0 amide bonds. The summed E-state index contributed by atoms with van der Waals surface area (Å²) < 4.78 is 14.0. The van der Waals surface area contributed by atoms with E-state index in [1.54, 1.807) is 6.07 Å². The van der Waals surface area contributed by atoms with E-state index in [0.717, 1.165) is 0 Å². The molecule has 1 aromatic carbocycles. The molecule has 0 heterocycles. The van der Waals surface area contributed by atoms with Gasteiger partial charge in [0.2, 0.25) is 0 Å². The Morgan fingerprint density at radius 3 is 2.62 bits per heavy atom. The fourth-order valence-electron chi connectivity index (χ4n) is 1.57. The highest BCUT2D eigenvalue weighted by Crippen LogP contribution is 2.28. The summed E-state index contributed by atoms with van der Waals surface area (Å²) in [5.74, 6) is -0.284. The second-order valence-corrected chi connectivity index (χ2v) is 5.00. The molecule has 0 atom stereocenters. The number of aliphatic hydroxyl groups excluding tert-OH is 1. The van der Waals surface area contributed by atoms with Gasteiger partial charge in [-0.1, -0.05) is 0 Å². The van der Waals surface area contributed by atoms with Crippen molar-refractivity contribution in [3.05, 3.63) is 21.5 Å². The van der Waals surface area contributed by atoms with Crippen LogP contribution in [0, 0.1) is 9.39 Å². The number of nitrogens with two attached hydrogens (primary N) is 1. The Labute approximate surface area is 109 Å². The van der Waals surface area contributed by atoms with Crippen molar-refractivity contribution in [1.29, 1.82) is 0 Å². The Bertz CT molecular complexity index is 371.